The van der Waals surface area contributed by atoms with Crippen molar-refractivity contribution in [2.45, 2.75) is 38.4 Å². The third-order valence-electron chi connectivity index (χ3n) is 3.52. The molecule has 3 unspecified atom stereocenters. The highest BCUT2D eigenvalue weighted by Crippen LogP contribution is 2.15. The number of hydrogen-bond acceptors (Lipinski definition) is 3. The highest BCUT2D eigenvalue weighted by Gasteiger charge is 2.17. The van der Waals surface area contributed by atoms with Crippen molar-refractivity contribution in [3.05, 3.63) is 35.6 Å². The Kier molecular flexibility index (Phi) is 5.31. The third-order valence-corrected chi connectivity index (χ3v) is 3.52. The number of nitrogens with one attached hydrogen (secondary N) is 2. The average Bonchev–Trinajstić information content (AvgIpc) is 2.39. The van der Waals surface area contributed by atoms with Gasteiger partial charge in [0.15, 0.2) is 0 Å². The highest BCUT2D eigenvalue weighted by atomic mass is 19.1. The van der Waals surface area contributed by atoms with E-state index in [1.54, 1.807) is 12.1 Å². The topological polar surface area (TPSA) is 33.3 Å². The predicted molar refractivity (Wildman–Crippen MR) is 74.6 cm³/mol. The van der Waals surface area contributed by atoms with Crippen LogP contribution in [0.4, 0.5) is 4.39 Å². The molecule has 0 saturated carbocycles. The lowest BCUT2D eigenvalue weighted by Crippen LogP contribution is -2.45. The molecule has 1 aromatic carbocycles. The summed E-state index contributed by atoms with van der Waals surface area (Å²) in [5.74, 6) is -0.179. The molecule has 1 aromatic rings. The van der Waals surface area contributed by atoms with Gasteiger partial charge in [0.1, 0.15) is 5.82 Å². The van der Waals surface area contributed by atoms with Crippen LogP contribution in [0.15, 0.2) is 24.3 Å². The van der Waals surface area contributed by atoms with Gasteiger partial charge in [0.2, 0.25) is 0 Å². The smallest absolute Gasteiger partial charge is 0.123 e. The second-order valence-electron chi connectivity index (χ2n) is 5.31. The summed E-state index contributed by atoms with van der Waals surface area (Å²) in [5.41, 5.74) is 0.986. The SMILES string of the molecule is CC(CC1COCCN1)NC(C)c1cccc(F)c1. The average molecular weight is 266 g/mol. The van der Waals surface area contributed by atoms with Gasteiger partial charge < -0.3 is 15.4 Å². The van der Waals surface area contributed by atoms with Gasteiger partial charge in [-0.05, 0) is 38.0 Å². The van der Waals surface area contributed by atoms with Crippen LogP contribution in [0.1, 0.15) is 31.9 Å². The Labute approximate surface area is 114 Å². The van der Waals surface area contributed by atoms with Gasteiger partial charge in [0, 0.05) is 24.7 Å². The quantitative estimate of drug-likeness (QED) is 0.857. The fourth-order valence-electron chi connectivity index (χ4n) is 2.56. The molecule has 1 aliphatic rings. The van der Waals surface area contributed by atoms with Crippen LogP contribution in [0.5, 0.6) is 0 Å². The fourth-order valence-corrected chi connectivity index (χ4v) is 2.56. The molecule has 1 saturated heterocycles. The first kappa shape index (κ1) is 14.4. The summed E-state index contributed by atoms with van der Waals surface area (Å²) in [6.45, 7) is 6.73. The molecular formula is C15H23FN2O. The zero-order valence-corrected chi connectivity index (χ0v) is 11.7. The van der Waals surface area contributed by atoms with E-state index >= 15 is 0 Å². The van der Waals surface area contributed by atoms with E-state index in [0.717, 1.165) is 31.7 Å². The summed E-state index contributed by atoms with van der Waals surface area (Å²) >= 11 is 0. The molecule has 0 amide bonds. The molecule has 0 radical (unpaired) electrons. The van der Waals surface area contributed by atoms with Crippen molar-refractivity contribution < 1.29 is 9.13 Å². The van der Waals surface area contributed by atoms with Gasteiger partial charge >= 0.3 is 0 Å². The van der Waals surface area contributed by atoms with Gasteiger partial charge in [0.05, 0.1) is 13.2 Å². The van der Waals surface area contributed by atoms with Crippen molar-refractivity contribution in [1.82, 2.24) is 10.6 Å². The number of hydrogen-bond donors (Lipinski definition) is 2. The van der Waals surface area contributed by atoms with E-state index in [2.05, 4.69) is 24.5 Å². The first-order chi connectivity index (χ1) is 9.15. The Morgan fingerprint density at radius 2 is 2.32 bits per heavy atom. The molecule has 0 aliphatic carbocycles. The summed E-state index contributed by atoms with van der Waals surface area (Å²) in [6.07, 6.45) is 1.01. The van der Waals surface area contributed by atoms with Crippen molar-refractivity contribution in [3.63, 3.8) is 0 Å². The monoisotopic (exact) mass is 266 g/mol. The van der Waals surface area contributed by atoms with E-state index in [0.29, 0.717) is 12.1 Å². The minimum absolute atomic E-state index is 0.148. The lowest BCUT2D eigenvalue weighted by molar-refractivity contribution is 0.0708. The second kappa shape index (κ2) is 6.98. The molecule has 1 aliphatic heterocycles. The fraction of sp³-hybridized carbons (Fsp3) is 0.600. The molecule has 106 valence electrons. The molecule has 0 aromatic heterocycles. The Morgan fingerprint density at radius 1 is 1.47 bits per heavy atom. The second-order valence-corrected chi connectivity index (χ2v) is 5.31. The number of morpholine rings is 1. The zero-order valence-electron chi connectivity index (χ0n) is 11.7. The maximum atomic E-state index is 13.2. The van der Waals surface area contributed by atoms with Crippen molar-refractivity contribution in [2.24, 2.45) is 0 Å². The van der Waals surface area contributed by atoms with Crippen LogP contribution in [-0.2, 0) is 4.74 Å². The standard InChI is InChI=1S/C15H23FN2O/c1-11(8-15-10-19-7-6-17-15)18-12(2)13-4-3-5-14(16)9-13/h3-5,9,11-12,15,17-18H,6-8,10H2,1-2H3. The molecule has 2 rings (SSSR count). The minimum atomic E-state index is -0.179. The van der Waals surface area contributed by atoms with Crippen molar-refractivity contribution in [2.75, 3.05) is 19.8 Å². The van der Waals surface area contributed by atoms with Crippen LogP contribution < -0.4 is 10.6 Å². The minimum Gasteiger partial charge on any atom is -0.379 e. The summed E-state index contributed by atoms with van der Waals surface area (Å²) in [7, 11) is 0. The Bertz CT molecular complexity index is 393. The van der Waals surface area contributed by atoms with Gasteiger partial charge in [-0.25, -0.2) is 4.39 Å². The van der Waals surface area contributed by atoms with Crippen LogP contribution in [0, 0.1) is 5.82 Å². The first-order valence-electron chi connectivity index (χ1n) is 6.98. The number of benzene rings is 1. The molecule has 0 bridgehead atoms. The molecule has 4 heteroatoms. The van der Waals surface area contributed by atoms with E-state index < -0.39 is 0 Å². The van der Waals surface area contributed by atoms with Crippen LogP contribution in [-0.4, -0.2) is 31.8 Å². The van der Waals surface area contributed by atoms with E-state index in [-0.39, 0.29) is 11.9 Å². The summed E-state index contributed by atoms with van der Waals surface area (Å²) in [6, 6.07) is 7.69. The first-order valence-corrected chi connectivity index (χ1v) is 6.98. The molecule has 19 heavy (non-hydrogen) atoms. The normalized spacial score (nSPS) is 23.0. The Morgan fingerprint density at radius 3 is 3.00 bits per heavy atom. The summed E-state index contributed by atoms with van der Waals surface area (Å²) < 4.78 is 18.6. The van der Waals surface area contributed by atoms with Crippen molar-refractivity contribution >= 4 is 0 Å². The summed E-state index contributed by atoms with van der Waals surface area (Å²) in [5, 5.41) is 6.96. The van der Waals surface area contributed by atoms with E-state index in [1.807, 2.05) is 6.07 Å². The molecule has 3 atom stereocenters. The third kappa shape index (κ3) is 4.56. The van der Waals surface area contributed by atoms with Gasteiger partial charge in [-0.3, -0.25) is 0 Å². The van der Waals surface area contributed by atoms with E-state index in [1.165, 1.54) is 6.07 Å². The van der Waals surface area contributed by atoms with Gasteiger partial charge in [-0.15, -0.1) is 0 Å². The van der Waals surface area contributed by atoms with Crippen LogP contribution in [0.25, 0.3) is 0 Å². The maximum absolute atomic E-state index is 13.2. The lowest BCUT2D eigenvalue weighted by atomic mass is 10.0. The zero-order chi connectivity index (χ0) is 13.7. The highest BCUT2D eigenvalue weighted by molar-refractivity contribution is 5.19. The number of ether oxygens (including phenoxy) is 1. The molecule has 3 nitrogen and oxygen atoms in total. The van der Waals surface area contributed by atoms with Crippen molar-refractivity contribution in [1.29, 1.82) is 0 Å². The largest absolute Gasteiger partial charge is 0.379 e. The number of halogens is 1. The van der Waals surface area contributed by atoms with E-state index in [4.69, 9.17) is 4.74 Å². The molecule has 1 fully saturated rings. The maximum Gasteiger partial charge on any atom is 0.123 e. The van der Waals surface area contributed by atoms with Crippen LogP contribution in [0.2, 0.25) is 0 Å². The van der Waals surface area contributed by atoms with Crippen LogP contribution in [0.3, 0.4) is 0 Å². The van der Waals surface area contributed by atoms with Gasteiger partial charge in [-0.1, -0.05) is 12.1 Å². The van der Waals surface area contributed by atoms with Crippen LogP contribution >= 0.6 is 0 Å². The molecule has 1 heterocycles. The van der Waals surface area contributed by atoms with Gasteiger partial charge in [0.25, 0.3) is 0 Å². The lowest BCUT2D eigenvalue weighted by Gasteiger charge is -2.28. The van der Waals surface area contributed by atoms with Crippen molar-refractivity contribution in [3.8, 4) is 0 Å². The predicted octanol–water partition coefficient (Wildman–Crippen LogP) is 2.24. The number of rotatable bonds is 5. The summed E-state index contributed by atoms with van der Waals surface area (Å²) in [4.78, 5) is 0. The molecule has 0 spiro atoms. The Balaban J connectivity index is 1.82. The molecule has 2 N–H and O–H groups in total. The van der Waals surface area contributed by atoms with E-state index in [9.17, 15) is 4.39 Å². The van der Waals surface area contributed by atoms with Gasteiger partial charge in [-0.2, -0.15) is 0 Å². The molecular weight excluding hydrogens is 243 g/mol. The Hall–Kier alpha value is -0.970.